The standard InChI is InChI=1S/C20H19N7O2S2/c1-3-17-23-25-19(31-17)22-16(28)12-30-20-26-24-18(13-8-10-21-11-9-13)27(20)14-4-6-15(29-2)7-5-14/h4-11H,3,12H2,1-2H3,(H,22,25,28). The average Bonchev–Trinajstić information content (AvgIpc) is 3.45. The van der Waals surface area contributed by atoms with E-state index in [9.17, 15) is 4.79 Å². The van der Waals surface area contributed by atoms with Crippen molar-refractivity contribution in [1.82, 2.24) is 29.9 Å². The van der Waals surface area contributed by atoms with Crippen LogP contribution in [0, 0.1) is 0 Å². The van der Waals surface area contributed by atoms with E-state index in [0.29, 0.717) is 16.1 Å². The summed E-state index contributed by atoms with van der Waals surface area (Å²) in [5.41, 5.74) is 1.73. The maximum atomic E-state index is 12.4. The number of carbonyl (C=O) groups excluding carboxylic acids is 1. The van der Waals surface area contributed by atoms with Gasteiger partial charge in [-0.2, -0.15) is 0 Å². The number of anilines is 1. The highest BCUT2D eigenvalue weighted by Crippen LogP contribution is 2.29. The van der Waals surface area contributed by atoms with Crippen LogP contribution < -0.4 is 10.1 Å². The van der Waals surface area contributed by atoms with E-state index in [-0.39, 0.29) is 11.7 Å². The van der Waals surface area contributed by atoms with Crippen LogP contribution in [0.1, 0.15) is 11.9 Å². The van der Waals surface area contributed by atoms with Gasteiger partial charge in [-0.15, -0.1) is 20.4 Å². The molecule has 0 aliphatic rings. The fourth-order valence-electron chi connectivity index (χ4n) is 2.75. The molecule has 1 N–H and O–H groups in total. The fourth-order valence-corrected chi connectivity index (χ4v) is 4.20. The predicted molar refractivity (Wildman–Crippen MR) is 120 cm³/mol. The molecule has 9 nitrogen and oxygen atoms in total. The van der Waals surface area contributed by atoms with Gasteiger partial charge in [0.15, 0.2) is 11.0 Å². The molecule has 4 rings (SSSR count). The van der Waals surface area contributed by atoms with E-state index in [0.717, 1.165) is 28.4 Å². The van der Waals surface area contributed by atoms with Crippen molar-refractivity contribution in [2.24, 2.45) is 0 Å². The van der Waals surface area contributed by atoms with Gasteiger partial charge in [0.05, 0.1) is 12.9 Å². The topological polar surface area (TPSA) is 108 Å². The quantitative estimate of drug-likeness (QED) is 0.404. The van der Waals surface area contributed by atoms with E-state index in [1.807, 2.05) is 47.9 Å². The SMILES string of the molecule is CCc1nnc(NC(=O)CSc2nnc(-c3ccncc3)n2-c2ccc(OC)cc2)s1. The third-order valence-electron chi connectivity index (χ3n) is 4.25. The Bertz CT molecular complexity index is 1160. The van der Waals surface area contributed by atoms with Crippen LogP contribution in [-0.4, -0.2) is 48.7 Å². The normalized spacial score (nSPS) is 10.8. The molecule has 1 amide bonds. The van der Waals surface area contributed by atoms with E-state index in [1.165, 1.54) is 23.1 Å². The number of nitrogens with one attached hydrogen (secondary N) is 1. The zero-order chi connectivity index (χ0) is 21.6. The number of aryl methyl sites for hydroxylation is 1. The molecule has 1 aromatic carbocycles. The first-order chi connectivity index (χ1) is 15.2. The van der Waals surface area contributed by atoms with Crippen molar-refractivity contribution >= 4 is 34.1 Å². The summed E-state index contributed by atoms with van der Waals surface area (Å²) in [4.78, 5) is 16.5. The first kappa shape index (κ1) is 20.9. The monoisotopic (exact) mass is 453 g/mol. The van der Waals surface area contributed by atoms with Crippen LogP contribution >= 0.6 is 23.1 Å². The molecule has 0 saturated carbocycles. The minimum atomic E-state index is -0.182. The summed E-state index contributed by atoms with van der Waals surface area (Å²) in [7, 11) is 1.62. The van der Waals surface area contributed by atoms with Gasteiger partial charge >= 0.3 is 0 Å². The maximum absolute atomic E-state index is 12.4. The van der Waals surface area contributed by atoms with Gasteiger partial charge in [0.1, 0.15) is 10.8 Å². The lowest BCUT2D eigenvalue weighted by molar-refractivity contribution is -0.113. The fraction of sp³-hybridized carbons (Fsp3) is 0.200. The number of aromatic nitrogens is 6. The number of nitrogens with zero attached hydrogens (tertiary/aromatic N) is 6. The van der Waals surface area contributed by atoms with Crippen molar-refractivity contribution in [2.75, 3.05) is 18.2 Å². The van der Waals surface area contributed by atoms with Crippen LogP contribution in [0.15, 0.2) is 53.9 Å². The van der Waals surface area contributed by atoms with Gasteiger partial charge < -0.3 is 4.74 Å². The van der Waals surface area contributed by atoms with Gasteiger partial charge in [-0.3, -0.25) is 19.7 Å². The van der Waals surface area contributed by atoms with Crippen molar-refractivity contribution in [3.63, 3.8) is 0 Å². The van der Waals surface area contributed by atoms with Gasteiger partial charge in [-0.25, -0.2) is 0 Å². The average molecular weight is 454 g/mol. The summed E-state index contributed by atoms with van der Waals surface area (Å²) in [6.07, 6.45) is 4.19. The number of ether oxygens (including phenoxy) is 1. The Morgan fingerprint density at radius 3 is 2.55 bits per heavy atom. The lowest BCUT2D eigenvalue weighted by Gasteiger charge is -2.11. The molecule has 0 radical (unpaired) electrons. The van der Waals surface area contributed by atoms with Crippen molar-refractivity contribution in [3.05, 3.63) is 53.8 Å². The molecule has 4 aromatic rings. The first-order valence-corrected chi connectivity index (χ1v) is 11.2. The van der Waals surface area contributed by atoms with Gasteiger partial charge in [-0.05, 0) is 42.8 Å². The number of carbonyl (C=O) groups is 1. The summed E-state index contributed by atoms with van der Waals surface area (Å²) in [5.74, 6) is 1.39. The highest BCUT2D eigenvalue weighted by Gasteiger charge is 2.18. The summed E-state index contributed by atoms with van der Waals surface area (Å²) in [6.45, 7) is 1.99. The molecule has 0 fully saturated rings. The molecule has 0 atom stereocenters. The van der Waals surface area contributed by atoms with Crippen molar-refractivity contribution in [2.45, 2.75) is 18.5 Å². The van der Waals surface area contributed by atoms with Crippen molar-refractivity contribution in [1.29, 1.82) is 0 Å². The number of amides is 1. The Morgan fingerprint density at radius 1 is 1.10 bits per heavy atom. The lowest BCUT2D eigenvalue weighted by atomic mass is 10.2. The molecule has 11 heteroatoms. The summed E-state index contributed by atoms with van der Waals surface area (Å²) < 4.78 is 7.17. The van der Waals surface area contributed by atoms with E-state index < -0.39 is 0 Å². The van der Waals surface area contributed by atoms with E-state index >= 15 is 0 Å². The number of hydrogen-bond donors (Lipinski definition) is 1. The Kier molecular flexibility index (Phi) is 6.53. The van der Waals surface area contributed by atoms with Crippen LogP contribution in [0.3, 0.4) is 0 Å². The summed E-state index contributed by atoms with van der Waals surface area (Å²) >= 11 is 2.67. The lowest BCUT2D eigenvalue weighted by Crippen LogP contribution is -2.14. The molecule has 158 valence electrons. The number of methoxy groups -OCH3 is 1. The summed E-state index contributed by atoms with van der Waals surface area (Å²) in [6, 6.07) is 11.3. The Balaban J connectivity index is 1.58. The molecule has 0 bridgehead atoms. The second kappa shape index (κ2) is 9.67. The second-order valence-electron chi connectivity index (χ2n) is 6.27. The van der Waals surface area contributed by atoms with Crippen LogP contribution in [-0.2, 0) is 11.2 Å². The maximum Gasteiger partial charge on any atom is 0.236 e. The third kappa shape index (κ3) is 4.89. The molecule has 3 aromatic heterocycles. The number of rotatable bonds is 8. The Labute approximate surface area is 186 Å². The molecule has 0 unspecified atom stereocenters. The molecule has 3 heterocycles. The minimum absolute atomic E-state index is 0.158. The van der Waals surface area contributed by atoms with E-state index in [1.54, 1.807) is 19.5 Å². The number of pyridine rings is 1. The van der Waals surface area contributed by atoms with Gasteiger partial charge in [0.25, 0.3) is 0 Å². The number of thioether (sulfide) groups is 1. The number of benzene rings is 1. The van der Waals surface area contributed by atoms with Crippen LogP contribution in [0.25, 0.3) is 17.1 Å². The van der Waals surface area contributed by atoms with Crippen molar-refractivity contribution < 1.29 is 9.53 Å². The van der Waals surface area contributed by atoms with Gasteiger partial charge in [0.2, 0.25) is 11.0 Å². The highest BCUT2D eigenvalue weighted by molar-refractivity contribution is 7.99. The van der Waals surface area contributed by atoms with Gasteiger partial charge in [0, 0.05) is 23.6 Å². The molecule has 0 aliphatic carbocycles. The van der Waals surface area contributed by atoms with Crippen LogP contribution in [0.5, 0.6) is 5.75 Å². The second-order valence-corrected chi connectivity index (χ2v) is 8.27. The zero-order valence-electron chi connectivity index (χ0n) is 16.8. The molecular weight excluding hydrogens is 434 g/mol. The minimum Gasteiger partial charge on any atom is -0.497 e. The molecule has 0 saturated heterocycles. The smallest absolute Gasteiger partial charge is 0.236 e. The first-order valence-electron chi connectivity index (χ1n) is 9.43. The predicted octanol–water partition coefficient (Wildman–Crippen LogP) is 3.48. The number of hydrogen-bond acceptors (Lipinski definition) is 9. The van der Waals surface area contributed by atoms with E-state index in [4.69, 9.17) is 4.74 Å². The van der Waals surface area contributed by atoms with Gasteiger partial charge in [-0.1, -0.05) is 30.0 Å². The Hall–Kier alpha value is -3.31. The Morgan fingerprint density at radius 2 is 1.87 bits per heavy atom. The van der Waals surface area contributed by atoms with Crippen molar-refractivity contribution in [3.8, 4) is 22.8 Å². The highest BCUT2D eigenvalue weighted by atomic mass is 32.2. The molecule has 31 heavy (non-hydrogen) atoms. The molecule has 0 aliphatic heterocycles. The third-order valence-corrected chi connectivity index (χ3v) is 6.16. The molecular formula is C20H19N7O2S2. The summed E-state index contributed by atoms with van der Waals surface area (Å²) in [5, 5.41) is 21.4. The zero-order valence-corrected chi connectivity index (χ0v) is 18.5. The van der Waals surface area contributed by atoms with Crippen LogP contribution in [0.2, 0.25) is 0 Å². The van der Waals surface area contributed by atoms with Crippen LogP contribution in [0.4, 0.5) is 5.13 Å². The largest absolute Gasteiger partial charge is 0.497 e. The van der Waals surface area contributed by atoms with E-state index in [2.05, 4.69) is 30.7 Å². The molecule has 0 spiro atoms.